The van der Waals surface area contributed by atoms with Crippen molar-refractivity contribution in [3.05, 3.63) is 59.7 Å². The van der Waals surface area contributed by atoms with E-state index in [4.69, 9.17) is 10.5 Å². The Kier molecular flexibility index (Phi) is 6.49. The summed E-state index contributed by atoms with van der Waals surface area (Å²) in [6, 6.07) is 12.5. The number of carbonyl (C=O) groups excluding carboxylic acids is 1. The smallest absolute Gasteiger partial charge is 0.387 e. The number of hydrogen-bond acceptors (Lipinski definition) is 5. The lowest BCUT2D eigenvalue weighted by atomic mass is 9.82. The van der Waals surface area contributed by atoms with Crippen LogP contribution in [0.3, 0.4) is 0 Å². The first-order valence-electron chi connectivity index (χ1n) is 9.36. The zero-order chi connectivity index (χ0) is 21.7. The minimum atomic E-state index is -2.95. The molecule has 2 aromatic carbocycles. The number of guanidine groups is 1. The molecule has 9 heteroatoms. The molecule has 0 saturated heterocycles. The summed E-state index contributed by atoms with van der Waals surface area (Å²) in [6.45, 7) is -3.03. The van der Waals surface area contributed by atoms with Crippen LogP contribution in [0.5, 0.6) is 11.5 Å². The van der Waals surface area contributed by atoms with Crippen molar-refractivity contribution in [3.63, 3.8) is 0 Å². The molecule has 0 saturated carbocycles. The van der Waals surface area contributed by atoms with Gasteiger partial charge in [-0.05, 0) is 48.2 Å². The molecule has 1 heterocycles. The van der Waals surface area contributed by atoms with Gasteiger partial charge in [0.05, 0.1) is 13.3 Å². The average molecular weight is 421 g/mol. The number of hydrogen-bond donors (Lipinski definition) is 1. The number of halogens is 3. The summed E-state index contributed by atoms with van der Waals surface area (Å²) in [5, 5.41) is 0. The lowest BCUT2D eigenvalue weighted by Crippen LogP contribution is -2.41. The molecule has 160 valence electrons. The Labute approximate surface area is 172 Å². The molecule has 0 fully saturated rings. The number of likely N-dealkylation sites (N-methyl/N-ethyl adjacent to an activating group) is 1. The van der Waals surface area contributed by atoms with Crippen LogP contribution in [0.4, 0.5) is 13.2 Å². The zero-order valence-corrected chi connectivity index (χ0v) is 16.4. The fourth-order valence-electron chi connectivity index (χ4n) is 3.26. The highest BCUT2D eigenvalue weighted by atomic mass is 19.3. The first kappa shape index (κ1) is 21.5. The molecule has 1 atom stereocenters. The number of benzene rings is 2. The third-order valence-corrected chi connectivity index (χ3v) is 4.79. The van der Waals surface area contributed by atoms with Crippen LogP contribution in [0, 0.1) is 0 Å². The molecule has 1 unspecified atom stereocenters. The second-order valence-electron chi connectivity index (χ2n) is 6.72. The Morgan fingerprint density at radius 1 is 1.10 bits per heavy atom. The Balaban J connectivity index is 2.00. The summed E-state index contributed by atoms with van der Waals surface area (Å²) in [5.41, 5.74) is 5.39. The minimum absolute atomic E-state index is 0.0298. The molecular weight excluding hydrogens is 399 g/mol. The van der Waals surface area contributed by atoms with Gasteiger partial charge in [0.1, 0.15) is 11.5 Å². The number of nitrogens with two attached hydrogens (primary N) is 1. The van der Waals surface area contributed by atoms with Crippen molar-refractivity contribution in [3.8, 4) is 11.5 Å². The SMILES string of the molecule is CN1C(=O)C(c2ccc(OC(F)F)cc2)(c2cccc(OCCCCF)c2)N=C1N. The van der Waals surface area contributed by atoms with Gasteiger partial charge >= 0.3 is 6.61 Å². The fourth-order valence-corrected chi connectivity index (χ4v) is 3.26. The highest BCUT2D eigenvalue weighted by Crippen LogP contribution is 2.40. The van der Waals surface area contributed by atoms with E-state index in [9.17, 15) is 18.0 Å². The standard InChI is InChI=1S/C21H22F3N3O3/c1-27-18(28)21(26-20(27)25,14-7-9-16(10-8-14)30-19(23)24)15-5-4-6-17(13-15)29-12-3-2-11-22/h4-10,13,19H,2-3,11-12H2,1H3,(H2,25,26). The van der Waals surface area contributed by atoms with Crippen molar-refractivity contribution in [2.75, 3.05) is 20.3 Å². The van der Waals surface area contributed by atoms with Crippen LogP contribution in [0.1, 0.15) is 24.0 Å². The van der Waals surface area contributed by atoms with Crippen molar-refractivity contribution in [1.29, 1.82) is 0 Å². The monoisotopic (exact) mass is 421 g/mol. The quantitative estimate of drug-likeness (QED) is 0.630. The van der Waals surface area contributed by atoms with E-state index in [0.717, 1.165) is 0 Å². The summed E-state index contributed by atoms with van der Waals surface area (Å²) in [6.07, 6.45) is 0.963. The van der Waals surface area contributed by atoms with Crippen LogP contribution in [-0.2, 0) is 10.3 Å². The number of amides is 1. The van der Waals surface area contributed by atoms with Gasteiger partial charge in [0.15, 0.2) is 11.5 Å². The lowest BCUT2D eigenvalue weighted by Gasteiger charge is -2.26. The molecule has 0 aromatic heterocycles. The maximum Gasteiger partial charge on any atom is 0.387 e. The van der Waals surface area contributed by atoms with E-state index in [1.54, 1.807) is 24.3 Å². The predicted molar refractivity (Wildman–Crippen MR) is 105 cm³/mol. The van der Waals surface area contributed by atoms with Crippen LogP contribution < -0.4 is 15.2 Å². The second-order valence-corrected chi connectivity index (χ2v) is 6.72. The summed E-state index contributed by atoms with van der Waals surface area (Å²) in [7, 11) is 1.51. The number of nitrogens with zero attached hydrogens (tertiary/aromatic N) is 2. The van der Waals surface area contributed by atoms with Crippen LogP contribution >= 0.6 is 0 Å². The lowest BCUT2D eigenvalue weighted by molar-refractivity contribution is -0.129. The highest BCUT2D eigenvalue weighted by Gasteiger charge is 2.49. The number of alkyl halides is 3. The second kappa shape index (κ2) is 9.06. The molecule has 2 N–H and O–H groups in total. The fraction of sp³-hybridized carbons (Fsp3) is 0.333. The van der Waals surface area contributed by atoms with E-state index in [1.165, 1.54) is 36.2 Å². The molecular formula is C21H22F3N3O3. The van der Waals surface area contributed by atoms with Gasteiger partial charge in [-0.2, -0.15) is 8.78 Å². The van der Waals surface area contributed by atoms with Gasteiger partial charge in [0.25, 0.3) is 5.91 Å². The summed E-state index contributed by atoms with van der Waals surface area (Å²) >= 11 is 0. The molecule has 0 spiro atoms. The van der Waals surface area contributed by atoms with E-state index in [1.807, 2.05) is 0 Å². The zero-order valence-electron chi connectivity index (χ0n) is 16.4. The minimum Gasteiger partial charge on any atom is -0.494 e. The van der Waals surface area contributed by atoms with Crippen LogP contribution in [-0.4, -0.2) is 43.7 Å². The van der Waals surface area contributed by atoms with Gasteiger partial charge in [-0.15, -0.1) is 0 Å². The van der Waals surface area contributed by atoms with Gasteiger partial charge in [-0.25, -0.2) is 4.99 Å². The topological polar surface area (TPSA) is 77.2 Å². The summed E-state index contributed by atoms with van der Waals surface area (Å²) in [4.78, 5) is 18.9. The van der Waals surface area contributed by atoms with E-state index in [0.29, 0.717) is 36.3 Å². The molecule has 0 aliphatic carbocycles. The Hall–Kier alpha value is -3.23. The van der Waals surface area contributed by atoms with E-state index < -0.39 is 24.7 Å². The van der Waals surface area contributed by atoms with Crippen molar-refractivity contribution in [2.45, 2.75) is 25.0 Å². The summed E-state index contributed by atoms with van der Waals surface area (Å²) < 4.78 is 47.2. The number of aliphatic imine (C=N–C) groups is 1. The third-order valence-electron chi connectivity index (χ3n) is 4.79. The maximum absolute atomic E-state index is 13.2. The van der Waals surface area contributed by atoms with E-state index >= 15 is 0 Å². The molecule has 6 nitrogen and oxygen atoms in total. The Morgan fingerprint density at radius 3 is 2.43 bits per heavy atom. The van der Waals surface area contributed by atoms with Crippen LogP contribution in [0.15, 0.2) is 53.5 Å². The van der Waals surface area contributed by atoms with Crippen LogP contribution in [0.25, 0.3) is 0 Å². The molecule has 0 bridgehead atoms. The number of carbonyl (C=O) groups is 1. The number of rotatable bonds is 9. The van der Waals surface area contributed by atoms with Crippen molar-refractivity contribution >= 4 is 11.9 Å². The first-order valence-corrected chi connectivity index (χ1v) is 9.36. The molecule has 2 aromatic rings. The maximum atomic E-state index is 13.2. The van der Waals surface area contributed by atoms with Gasteiger partial charge in [0, 0.05) is 7.05 Å². The number of unbranched alkanes of at least 4 members (excludes halogenated alkanes) is 1. The molecule has 1 aliphatic rings. The molecule has 1 amide bonds. The first-order chi connectivity index (χ1) is 14.4. The largest absolute Gasteiger partial charge is 0.494 e. The van der Waals surface area contributed by atoms with Gasteiger partial charge < -0.3 is 15.2 Å². The van der Waals surface area contributed by atoms with Gasteiger partial charge in [0.2, 0.25) is 0 Å². The molecule has 30 heavy (non-hydrogen) atoms. The third kappa shape index (κ3) is 4.19. The molecule has 0 radical (unpaired) electrons. The van der Waals surface area contributed by atoms with Crippen molar-refractivity contribution < 1.29 is 27.4 Å². The van der Waals surface area contributed by atoms with Gasteiger partial charge in [-0.1, -0.05) is 24.3 Å². The van der Waals surface area contributed by atoms with E-state index in [-0.39, 0.29) is 11.7 Å². The van der Waals surface area contributed by atoms with Crippen molar-refractivity contribution in [2.24, 2.45) is 10.7 Å². The predicted octanol–water partition coefficient (Wildman–Crippen LogP) is 3.45. The molecule has 1 aliphatic heterocycles. The number of ether oxygens (including phenoxy) is 2. The Morgan fingerprint density at radius 2 is 1.83 bits per heavy atom. The molecule has 3 rings (SSSR count). The van der Waals surface area contributed by atoms with Crippen LogP contribution in [0.2, 0.25) is 0 Å². The van der Waals surface area contributed by atoms with Gasteiger partial charge in [-0.3, -0.25) is 14.1 Å². The average Bonchev–Trinajstić information content (AvgIpc) is 2.96. The van der Waals surface area contributed by atoms with E-state index in [2.05, 4.69) is 9.73 Å². The summed E-state index contributed by atoms with van der Waals surface area (Å²) in [5.74, 6) is 0.100. The highest BCUT2D eigenvalue weighted by molar-refractivity contribution is 6.08. The Bertz CT molecular complexity index is 921. The normalized spacial score (nSPS) is 18.6. The van der Waals surface area contributed by atoms with Crippen molar-refractivity contribution in [1.82, 2.24) is 4.90 Å².